The van der Waals surface area contributed by atoms with Crippen molar-refractivity contribution < 1.29 is 19.2 Å². The number of non-ortho nitro benzene ring substituents is 1. The maximum atomic E-state index is 13.4. The molecule has 0 unspecified atom stereocenters. The number of benzene rings is 3. The van der Waals surface area contributed by atoms with Gasteiger partial charge in [0, 0.05) is 37.3 Å². The van der Waals surface area contributed by atoms with E-state index >= 15 is 0 Å². The molecule has 3 aromatic carbocycles. The Morgan fingerprint density at radius 1 is 1.08 bits per heavy atom. The first-order valence-electron chi connectivity index (χ1n) is 12.2. The summed E-state index contributed by atoms with van der Waals surface area (Å²) in [6.45, 7) is 2.77. The summed E-state index contributed by atoms with van der Waals surface area (Å²) in [4.78, 5) is 40.0. The van der Waals surface area contributed by atoms with Crippen molar-refractivity contribution in [3.63, 3.8) is 0 Å². The van der Waals surface area contributed by atoms with E-state index in [0.29, 0.717) is 23.6 Å². The highest BCUT2D eigenvalue weighted by Crippen LogP contribution is 2.26. The minimum Gasteiger partial charge on any atom is -0.457 e. The molecule has 10 heteroatoms. The van der Waals surface area contributed by atoms with Crippen LogP contribution in [0.5, 0.6) is 11.5 Å². The summed E-state index contributed by atoms with van der Waals surface area (Å²) in [5.41, 5.74) is 1.31. The van der Waals surface area contributed by atoms with Crippen LogP contribution in [0.1, 0.15) is 35.3 Å². The van der Waals surface area contributed by atoms with Crippen molar-refractivity contribution in [1.29, 1.82) is 5.26 Å². The minimum atomic E-state index is -0.492. The van der Waals surface area contributed by atoms with E-state index in [9.17, 15) is 25.0 Å². The summed E-state index contributed by atoms with van der Waals surface area (Å²) >= 11 is 0. The van der Waals surface area contributed by atoms with Gasteiger partial charge in [-0.15, -0.1) is 0 Å². The molecule has 2 atom stereocenters. The second-order valence-electron chi connectivity index (χ2n) is 8.92. The Balaban J connectivity index is 1.42. The standard InChI is InChI=1S/C28H27N5O5/c1-20(21-6-3-2-4-7-21)30-28(35)31-16-17-32(24(19-31)14-15-29)27(34)22-8-5-9-26(18-22)38-25-12-10-23(11-13-25)33(36)37/h2-13,18,20,24H,14,16-17,19H2,1H3,(H,30,35)/t20-,24-/m1/s1. The molecular formula is C28H27N5O5. The molecule has 10 nitrogen and oxygen atoms in total. The first-order valence-corrected chi connectivity index (χ1v) is 12.2. The number of nitro benzene ring substituents is 1. The van der Waals surface area contributed by atoms with Crippen LogP contribution in [0.3, 0.4) is 0 Å². The van der Waals surface area contributed by atoms with Gasteiger partial charge in [-0.05, 0) is 42.8 Å². The fourth-order valence-electron chi connectivity index (χ4n) is 4.32. The summed E-state index contributed by atoms with van der Waals surface area (Å²) < 4.78 is 5.78. The van der Waals surface area contributed by atoms with Crippen LogP contribution in [0.2, 0.25) is 0 Å². The van der Waals surface area contributed by atoms with Crippen LogP contribution in [0.25, 0.3) is 0 Å². The number of amides is 3. The molecule has 1 fully saturated rings. The molecule has 0 radical (unpaired) electrons. The largest absolute Gasteiger partial charge is 0.457 e. The van der Waals surface area contributed by atoms with Crippen molar-refractivity contribution in [3.05, 3.63) is 100 Å². The van der Waals surface area contributed by atoms with E-state index in [-0.39, 0.29) is 43.2 Å². The Hall–Kier alpha value is -4.91. The highest BCUT2D eigenvalue weighted by Gasteiger charge is 2.33. The highest BCUT2D eigenvalue weighted by molar-refractivity contribution is 5.95. The number of hydrogen-bond donors (Lipinski definition) is 1. The topological polar surface area (TPSA) is 129 Å². The molecule has 1 aliphatic heterocycles. The molecule has 0 bridgehead atoms. The van der Waals surface area contributed by atoms with Gasteiger partial charge in [0.25, 0.3) is 11.6 Å². The van der Waals surface area contributed by atoms with Crippen molar-refractivity contribution in [2.24, 2.45) is 0 Å². The van der Waals surface area contributed by atoms with Crippen LogP contribution in [0.4, 0.5) is 10.5 Å². The molecule has 0 aliphatic carbocycles. The second-order valence-corrected chi connectivity index (χ2v) is 8.92. The van der Waals surface area contributed by atoms with Crippen molar-refractivity contribution >= 4 is 17.6 Å². The molecule has 1 saturated heterocycles. The zero-order valence-corrected chi connectivity index (χ0v) is 20.8. The lowest BCUT2D eigenvalue weighted by molar-refractivity contribution is -0.384. The number of nitriles is 1. The molecule has 1 N–H and O–H groups in total. The number of nitrogens with one attached hydrogen (secondary N) is 1. The van der Waals surface area contributed by atoms with Gasteiger partial charge >= 0.3 is 6.03 Å². The summed E-state index contributed by atoms with van der Waals surface area (Å²) in [7, 11) is 0. The average Bonchev–Trinajstić information content (AvgIpc) is 2.93. The van der Waals surface area contributed by atoms with Crippen LogP contribution in [-0.2, 0) is 0 Å². The molecule has 0 saturated carbocycles. The third kappa shape index (κ3) is 6.25. The van der Waals surface area contributed by atoms with Crippen LogP contribution in [0, 0.1) is 21.4 Å². The summed E-state index contributed by atoms with van der Waals surface area (Å²) in [6.07, 6.45) is 0.0861. The van der Waals surface area contributed by atoms with Gasteiger partial charge in [0.05, 0.1) is 29.5 Å². The van der Waals surface area contributed by atoms with Crippen LogP contribution in [-0.4, -0.2) is 52.3 Å². The lowest BCUT2D eigenvalue weighted by Gasteiger charge is -2.41. The lowest BCUT2D eigenvalue weighted by Crippen LogP contribution is -2.58. The van der Waals surface area contributed by atoms with Gasteiger partial charge in [-0.1, -0.05) is 36.4 Å². The van der Waals surface area contributed by atoms with Gasteiger partial charge in [-0.2, -0.15) is 5.26 Å². The molecule has 0 spiro atoms. The Morgan fingerprint density at radius 3 is 2.50 bits per heavy atom. The van der Waals surface area contributed by atoms with Crippen LogP contribution >= 0.6 is 0 Å². The molecule has 4 rings (SSSR count). The number of nitrogens with zero attached hydrogens (tertiary/aromatic N) is 4. The molecule has 1 heterocycles. The summed E-state index contributed by atoms with van der Waals surface area (Å²) in [5.74, 6) is 0.526. The van der Waals surface area contributed by atoms with Gasteiger partial charge in [-0.25, -0.2) is 4.79 Å². The third-order valence-electron chi connectivity index (χ3n) is 6.36. The number of urea groups is 1. The van der Waals surface area contributed by atoms with Crippen molar-refractivity contribution in [2.45, 2.75) is 25.4 Å². The average molecular weight is 514 g/mol. The zero-order chi connectivity index (χ0) is 27.1. The van der Waals surface area contributed by atoms with E-state index in [1.54, 1.807) is 34.1 Å². The molecule has 0 aromatic heterocycles. The Morgan fingerprint density at radius 2 is 1.82 bits per heavy atom. The van der Waals surface area contributed by atoms with Crippen molar-refractivity contribution in [3.8, 4) is 17.6 Å². The van der Waals surface area contributed by atoms with Gasteiger partial charge in [0.2, 0.25) is 0 Å². The zero-order valence-electron chi connectivity index (χ0n) is 20.8. The quantitative estimate of drug-likeness (QED) is 0.353. The number of carbonyl (C=O) groups is 2. The maximum Gasteiger partial charge on any atom is 0.318 e. The fourth-order valence-corrected chi connectivity index (χ4v) is 4.32. The normalized spacial score (nSPS) is 15.7. The van der Waals surface area contributed by atoms with Gasteiger partial charge in [-0.3, -0.25) is 14.9 Å². The van der Waals surface area contributed by atoms with Crippen LogP contribution < -0.4 is 10.1 Å². The molecule has 38 heavy (non-hydrogen) atoms. The number of hydrogen-bond acceptors (Lipinski definition) is 6. The molecule has 1 aliphatic rings. The van der Waals surface area contributed by atoms with Crippen LogP contribution in [0.15, 0.2) is 78.9 Å². The summed E-state index contributed by atoms with van der Waals surface area (Å²) in [5, 5.41) is 23.2. The Labute approximate surface area is 220 Å². The minimum absolute atomic E-state index is 0.0489. The maximum absolute atomic E-state index is 13.4. The monoisotopic (exact) mass is 513 g/mol. The number of nitro groups is 1. The van der Waals surface area contributed by atoms with Gasteiger partial charge < -0.3 is 19.9 Å². The summed E-state index contributed by atoms with van der Waals surface area (Å²) in [6, 6.07) is 23.1. The number of ether oxygens (including phenoxy) is 1. The van der Waals surface area contributed by atoms with Crippen molar-refractivity contribution in [2.75, 3.05) is 19.6 Å². The SMILES string of the molecule is C[C@@H](NC(=O)N1CCN(C(=O)c2cccc(Oc3ccc([N+](=O)[O-])cc3)c2)[C@H](CC#N)C1)c1ccccc1. The van der Waals surface area contributed by atoms with E-state index < -0.39 is 11.0 Å². The number of piperazine rings is 1. The van der Waals surface area contributed by atoms with Gasteiger partial charge in [0.15, 0.2) is 0 Å². The molecule has 3 aromatic rings. The molecule has 194 valence electrons. The van der Waals surface area contributed by atoms with E-state index in [1.165, 1.54) is 24.3 Å². The fraction of sp³-hybridized carbons (Fsp3) is 0.250. The molecule has 3 amide bonds. The third-order valence-corrected chi connectivity index (χ3v) is 6.36. The number of rotatable bonds is 7. The molecular weight excluding hydrogens is 486 g/mol. The first-order chi connectivity index (χ1) is 18.4. The Kier molecular flexibility index (Phi) is 8.18. The van der Waals surface area contributed by atoms with E-state index in [0.717, 1.165) is 5.56 Å². The predicted molar refractivity (Wildman–Crippen MR) is 140 cm³/mol. The number of carbonyl (C=O) groups excluding carboxylic acids is 2. The van der Waals surface area contributed by atoms with E-state index in [1.807, 2.05) is 37.3 Å². The smallest absolute Gasteiger partial charge is 0.318 e. The van der Waals surface area contributed by atoms with E-state index in [4.69, 9.17) is 4.74 Å². The van der Waals surface area contributed by atoms with Gasteiger partial charge in [0.1, 0.15) is 11.5 Å². The van der Waals surface area contributed by atoms with E-state index in [2.05, 4.69) is 11.4 Å². The van der Waals surface area contributed by atoms with Crippen molar-refractivity contribution in [1.82, 2.24) is 15.1 Å². The predicted octanol–water partition coefficient (Wildman–Crippen LogP) is 4.90. The second kappa shape index (κ2) is 11.9. The lowest BCUT2D eigenvalue weighted by atomic mass is 10.1. The first kappa shape index (κ1) is 26.2. The Bertz CT molecular complexity index is 1340. The highest BCUT2D eigenvalue weighted by atomic mass is 16.6.